The third-order valence-electron chi connectivity index (χ3n) is 5.04. The maximum atomic E-state index is 13.4. The van der Waals surface area contributed by atoms with Gasteiger partial charge in [0.25, 0.3) is 5.91 Å². The predicted octanol–water partition coefficient (Wildman–Crippen LogP) is 3.80. The van der Waals surface area contributed by atoms with E-state index < -0.39 is 0 Å². The Balaban J connectivity index is 1.39. The van der Waals surface area contributed by atoms with Crippen molar-refractivity contribution in [2.45, 2.75) is 25.9 Å². The van der Waals surface area contributed by atoms with Gasteiger partial charge in [0.05, 0.1) is 18.1 Å². The molecule has 6 heteroatoms. The molecule has 3 nitrogen and oxygen atoms in total. The number of fused-ring (bicyclic) bond motifs is 1. The minimum atomic E-state index is -0.330. The number of nitrogens with one attached hydrogen (secondary N) is 2. The smallest absolute Gasteiger partial charge is 0.263 e. The molecule has 0 atom stereocenters. The van der Waals surface area contributed by atoms with Gasteiger partial charge in [0.15, 0.2) is 0 Å². The first-order valence-electron chi connectivity index (χ1n) is 9.17. The average molecular weight is 404 g/mol. The van der Waals surface area contributed by atoms with Crippen molar-refractivity contribution in [3.63, 3.8) is 0 Å². The highest BCUT2D eigenvalue weighted by Crippen LogP contribution is 2.35. The highest BCUT2D eigenvalue weighted by atomic mass is 35.5. The fourth-order valence-corrected chi connectivity index (χ4v) is 5.02. The van der Waals surface area contributed by atoms with Crippen LogP contribution < -0.4 is 10.2 Å². The molecule has 0 spiro atoms. The molecule has 27 heavy (non-hydrogen) atoms. The molecule has 0 aliphatic carbocycles. The van der Waals surface area contributed by atoms with Gasteiger partial charge in [0, 0.05) is 35.0 Å². The van der Waals surface area contributed by atoms with Crippen LogP contribution >= 0.6 is 22.9 Å². The summed E-state index contributed by atoms with van der Waals surface area (Å²) in [6.07, 6.45) is 2.65. The Morgan fingerprint density at radius 3 is 2.56 bits per heavy atom. The van der Waals surface area contributed by atoms with Gasteiger partial charge in [-0.2, -0.15) is 0 Å². The summed E-state index contributed by atoms with van der Waals surface area (Å²) in [6.45, 7) is 4.03. The molecule has 1 saturated heterocycles. The van der Waals surface area contributed by atoms with Crippen molar-refractivity contribution < 1.29 is 14.1 Å². The van der Waals surface area contributed by atoms with Gasteiger partial charge in [0.1, 0.15) is 17.2 Å². The summed E-state index contributed by atoms with van der Waals surface area (Å²) >= 11 is 7.53. The number of likely N-dealkylation sites (tertiary alicyclic amines) is 1. The summed E-state index contributed by atoms with van der Waals surface area (Å²) in [4.78, 5) is 14.6. The van der Waals surface area contributed by atoms with Gasteiger partial charge in [-0.1, -0.05) is 35.9 Å². The Morgan fingerprint density at radius 2 is 1.81 bits per heavy atom. The van der Waals surface area contributed by atoms with Crippen molar-refractivity contribution in [3.8, 4) is 0 Å². The fraction of sp³-hybridized carbons (Fsp3) is 0.286. The molecular formula is C21H21ClFN2OS+. The van der Waals surface area contributed by atoms with Gasteiger partial charge < -0.3 is 10.2 Å². The zero-order chi connectivity index (χ0) is 18.8. The van der Waals surface area contributed by atoms with Crippen LogP contribution in [0.15, 0.2) is 42.5 Å². The monoisotopic (exact) mass is 403 g/mol. The van der Waals surface area contributed by atoms with Crippen LogP contribution in [0.2, 0.25) is 5.02 Å². The third-order valence-corrected chi connectivity index (χ3v) is 6.69. The number of quaternary nitrogens is 1. The van der Waals surface area contributed by atoms with Crippen molar-refractivity contribution in [1.29, 1.82) is 0 Å². The van der Waals surface area contributed by atoms with Gasteiger partial charge in [0.2, 0.25) is 0 Å². The molecule has 1 fully saturated rings. The standard InChI is InChI=1S/C21H20ClFN2OS/c22-19-17-8-7-16(23)11-18(17)27-20(19)21(26)24-12-14-3-5-15(6-4-14)13-25-9-1-2-10-25/h3-8,11H,1-2,9-10,12-13H2,(H,24,26)/p+1. The number of halogens is 2. The molecule has 3 aromatic rings. The Morgan fingerprint density at radius 1 is 1.11 bits per heavy atom. The number of amides is 1. The summed E-state index contributed by atoms with van der Waals surface area (Å²) in [5, 5.41) is 4.01. The van der Waals surface area contributed by atoms with E-state index in [2.05, 4.69) is 29.6 Å². The van der Waals surface area contributed by atoms with E-state index in [1.165, 1.54) is 55.0 Å². The highest BCUT2D eigenvalue weighted by molar-refractivity contribution is 7.21. The quantitative estimate of drug-likeness (QED) is 0.667. The molecule has 1 aliphatic heterocycles. The zero-order valence-corrected chi connectivity index (χ0v) is 16.4. The van der Waals surface area contributed by atoms with Crippen LogP contribution in [0.5, 0.6) is 0 Å². The lowest BCUT2D eigenvalue weighted by Crippen LogP contribution is -3.08. The Hall–Kier alpha value is -1.95. The van der Waals surface area contributed by atoms with Crippen LogP contribution in [0.3, 0.4) is 0 Å². The Bertz CT molecular complexity index is 964. The molecule has 140 valence electrons. The largest absolute Gasteiger partial charge is 0.347 e. The normalized spacial score (nSPS) is 14.7. The molecule has 1 aromatic heterocycles. The van der Waals surface area contributed by atoms with Crippen molar-refractivity contribution in [3.05, 3.63) is 69.3 Å². The summed E-state index contributed by atoms with van der Waals surface area (Å²) < 4.78 is 14.0. The van der Waals surface area contributed by atoms with Gasteiger partial charge in [-0.3, -0.25) is 4.79 Å². The molecule has 0 bridgehead atoms. The number of benzene rings is 2. The van der Waals surface area contributed by atoms with Gasteiger partial charge >= 0.3 is 0 Å². The molecular weight excluding hydrogens is 383 g/mol. The summed E-state index contributed by atoms with van der Waals surface area (Å²) in [7, 11) is 0. The first-order chi connectivity index (χ1) is 13.1. The summed E-state index contributed by atoms with van der Waals surface area (Å²) in [5.74, 6) is -0.560. The van der Waals surface area contributed by atoms with Crippen LogP contribution in [-0.2, 0) is 13.1 Å². The molecule has 0 saturated carbocycles. The topological polar surface area (TPSA) is 33.5 Å². The zero-order valence-electron chi connectivity index (χ0n) is 14.9. The van der Waals surface area contributed by atoms with Crippen LogP contribution in [-0.4, -0.2) is 19.0 Å². The fourth-order valence-electron chi connectivity index (χ4n) is 3.56. The van der Waals surface area contributed by atoms with E-state index in [1.807, 2.05) is 0 Å². The van der Waals surface area contributed by atoms with Crippen molar-refractivity contribution >= 4 is 38.9 Å². The van der Waals surface area contributed by atoms with Crippen molar-refractivity contribution in [2.75, 3.05) is 13.1 Å². The Kier molecular flexibility index (Phi) is 5.43. The number of carbonyl (C=O) groups is 1. The molecule has 0 unspecified atom stereocenters. The molecule has 0 radical (unpaired) electrons. The summed E-state index contributed by atoms with van der Waals surface area (Å²) in [5.41, 5.74) is 2.38. The number of thiophene rings is 1. The molecule has 1 amide bonds. The maximum absolute atomic E-state index is 13.4. The van der Waals surface area contributed by atoms with E-state index in [1.54, 1.807) is 11.0 Å². The molecule has 1 aliphatic rings. The van der Waals surface area contributed by atoms with E-state index >= 15 is 0 Å². The van der Waals surface area contributed by atoms with Crippen LogP contribution in [0, 0.1) is 5.82 Å². The van der Waals surface area contributed by atoms with Gasteiger partial charge in [-0.15, -0.1) is 11.3 Å². The number of rotatable bonds is 5. The van der Waals surface area contributed by atoms with E-state index in [4.69, 9.17) is 11.6 Å². The lowest BCUT2D eigenvalue weighted by molar-refractivity contribution is -0.901. The van der Waals surface area contributed by atoms with Gasteiger partial charge in [-0.05, 0) is 23.8 Å². The first kappa shape index (κ1) is 18.4. The highest BCUT2D eigenvalue weighted by Gasteiger charge is 2.18. The number of hydrogen-bond acceptors (Lipinski definition) is 2. The number of carbonyl (C=O) groups excluding carboxylic acids is 1. The SMILES string of the molecule is O=C(NCc1ccc(C[NH+]2CCCC2)cc1)c1sc2cc(F)ccc2c1Cl. The average Bonchev–Trinajstić information content (AvgIpc) is 3.29. The second-order valence-corrected chi connectivity index (χ2v) is 8.45. The lowest BCUT2D eigenvalue weighted by Gasteiger charge is -2.12. The second kappa shape index (κ2) is 7.97. The molecule has 4 rings (SSSR count). The van der Waals surface area contributed by atoms with Gasteiger partial charge in [-0.25, -0.2) is 4.39 Å². The van der Waals surface area contributed by atoms with Crippen LogP contribution in [0.4, 0.5) is 4.39 Å². The Labute approximate surface area is 166 Å². The number of hydrogen-bond donors (Lipinski definition) is 2. The van der Waals surface area contributed by atoms with Crippen LogP contribution in [0.25, 0.3) is 10.1 Å². The minimum absolute atomic E-state index is 0.229. The molecule has 2 heterocycles. The summed E-state index contributed by atoms with van der Waals surface area (Å²) in [6, 6.07) is 12.8. The van der Waals surface area contributed by atoms with E-state index in [0.29, 0.717) is 26.5 Å². The second-order valence-electron chi connectivity index (χ2n) is 7.02. The van der Waals surface area contributed by atoms with Crippen LogP contribution in [0.1, 0.15) is 33.6 Å². The molecule has 2 aromatic carbocycles. The lowest BCUT2D eigenvalue weighted by atomic mass is 10.1. The molecule has 2 N–H and O–H groups in total. The first-order valence-corrected chi connectivity index (χ1v) is 10.4. The third kappa shape index (κ3) is 4.15. The van der Waals surface area contributed by atoms with E-state index in [0.717, 1.165) is 12.1 Å². The minimum Gasteiger partial charge on any atom is -0.347 e. The van der Waals surface area contributed by atoms with Crippen molar-refractivity contribution in [2.24, 2.45) is 0 Å². The van der Waals surface area contributed by atoms with E-state index in [-0.39, 0.29) is 11.7 Å². The maximum Gasteiger partial charge on any atom is 0.263 e. The van der Waals surface area contributed by atoms with E-state index in [9.17, 15) is 9.18 Å². The predicted molar refractivity (Wildman–Crippen MR) is 108 cm³/mol. The van der Waals surface area contributed by atoms with Crippen molar-refractivity contribution in [1.82, 2.24) is 5.32 Å².